The maximum absolute atomic E-state index is 13.7. The summed E-state index contributed by atoms with van der Waals surface area (Å²) in [4.78, 5) is 32.2. The number of ether oxygens (including phenoxy) is 3. The van der Waals surface area contributed by atoms with Gasteiger partial charge in [0.2, 0.25) is 5.78 Å². The first-order valence-electron chi connectivity index (χ1n) is 12.9. The Kier molecular flexibility index (Phi) is 7.09. The van der Waals surface area contributed by atoms with Gasteiger partial charge in [0.1, 0.15) is 30.0 Å². The molecule has 0 bridgehead atoms. The molecule has 12 nitrogen and oxygen atoms in total. The van der Waals surface area contributed by atoms with Crippen molar-refractivity contribution in [3.05, 3.63) is 51.6 Å². The number of fused-ring (bicyclic) bond motifs is 3. The van der Waals surface area contributed by atoms with Crippen LogP contribution in [0.4, 0.5) is 0 Å². The topological polar surface area (TPSA) is 190 Å². The zero-order chi connectivity index (χ0) is 29.1. The summed E-state index contributed by atoms with van der Waals surface area (Å²) in [5, 5.41) is 48.8. The van der Waals surface area contributed by atoms with Gasteiger partial charge in [0.25, 0.3) is 0 Å². The number of benzene rings is 2. The summed E-state index contributed by atoms with van der Waals surface area (Å²) < 4.78 is 17.3. The number of hydrogen-bond donors (Lipinski definition) is 5. The number of methoxy groups -OCH3 is 1. The van der Waals surface area contributed by atoms with Crippen LogP contribution in [0, 0.1) is 0 Å². The highest BCUT2D eigenvalue weighted by molar-refractivity contribution is 6.31. The highest BCUT2D eigenvalue weighted by Gasteiger charge is 2.49. The Labute approximate surface area is 229 Å². The summed E-state index contributed by atoms with van der Waals surface area (Å²) in [6.07, 6.45) is -4.02. The van der Waals surface area contributed by atoms with E-state index in [0.29, 0.717) is 0 Å². The predicted molar refractivity (Wildman–Crippen MR) is 140 cm³/mol. The average Bonchev–Trinajstić information content (AvgIpc) is 2.91. The number of carbonyl (C=O) groups excluding carboxylic acids is 2. The summed E-state index contributed by atoms with van der Waals surface area (Å²) in [7, 11) is 2.67. The molecule has 0 saturated carbocycles. The molecule has 6 unspecified atom stereocenters. The Balaban J connectivity index is 1.69. The fourth-order valence-corrected chi connectivity index (χ4v) is 5.89. The number of rotatable bonds is 5. The van der Waals surface area contributed by atoms with Crippen molar-refractivity contribution in [2.24, 2.45) is 10.9 Å². The molecule has 2 aliphatic carbocycles. The lowest BCUT2D eigenvalue weighted by atomic mass is 9.72. The second-order valence-electron chi connectivity index (χ2n) is 10.4. The largest absolute Gasteiger partial charge is 0.507 e. The summed E-state index contributed by atoms with van der Waals surface area (Å²) in [6, 6.07) is 3.84. The molecule has 1 saturated heterocycles. The Morgan fingerprint density at radius 3 is 2.48 bits per heavy atom. The van der Waals surface area contributed by atoms with Gasteiger partial charge in [-0.25, -0.2) is 0 Å². The fourth-order valence-electron chi connectivity index (χ4n) is 5.89. The van der Waals surface area contributed by atoms with Gasteiger partial charge >= 0.3 is 0 Å². The van der Waals surface area contributed by atoms with Crippen molar-refractivity contribution in [2.75, 3.05) is 14.2 Å². The number of phenols is 2. The molecule has 0 radical (unpaired) electrons. The molecule has 40 heavy (non-hydrogen) atoms. The zero-order valence-electron chi connectivity index (χ0n) is 22.5. The number of aliphatic hydroxyl groups is 2. The lowest BCUT2D eigenvalue weighted by Gasteiger charge is -2.42. The van der Waals surface area contributed by atoms with E-state index in [1.54, 1.807) is 13.0 Å². The van der Waals surface area contributed by atoms with Gasteiger partial charge in [-0.15, -0.1) is 0 Å². The number of hydrogen-bond acceptors (Lipinski definition) is 12. The highest BCUT2D eigenvalue weighted by atomic mass is 16.7. The minimum absolute atomic E-state index is 0.0136. The van der Waals surface area contributed by atoms with Gasteiger partial charge < -0.3 is 45.2 Å². The van der Waals surface area contributed by atoms with Gasteiger partial charge in [0.15, 0.2) is 12.1 Å². The number of ketones is 2. The van der Waals surface area contributed by atoms with Gasteiger partial charge in [-0.1, -0.05) is 17.3 Å². The van der Waals surface area contributed by atoms with Crippen molar-refractivity contribution >= 4 is 17.3 Å². The molecule has 3 aliphatic rings. The van der Waals surface area contributed by atoms with E-state index in [4.69, 9.17) is 24.8 Å². The van der Waals surface area contributed by atoms with Crippen LogP contribution in [0.25, 0.3) is 0 Å². The summed E-state index contributed by atoms with van der Waals surface area (Å²) in [5.74, 6) is -2.36. The Morgan fingerprint density at radius 1 is 1.12 bits per heavy atom. The van der Waals surface area contributed by atoms with Crippen molar-refractivity contribution < 1.29 is 49.1 Å². The van der Waals surface area contributed by atoms with Gasteiger partial charge in [0, 0.05) is 42.0 Å². The summed E-state index contributed by atoms with van der Waals surface area (Å²) in [6.45, 7) is 3.17. The molecule has 6 N–H and O–H groups in total. The number of carbonyl (C=O) groups is 2. The van der Waals surface area contributed by atoms with Crippen molar-refractivity contribution in [3.63, 3.8) is 0 Å². The van der Waals surface area contributed by atoms with E-state index in [0.717, 1.165) is 0 Å². The molecule has 2 aromatic carbocycles. The number of aliphatic hydroxyl groups excluding tert-OH is 1. The Bertz CT molecular complexity index is 1410. The average molecular weight is 557 g/mol. The van der Waals surface area contributed by atoms with Gasteiger partial charge in [0.05, 0.1) is 47.8 Å². The first kappa shape index (κ1) is 28.0. The van der Waals surface area contributed by atoms with Crippen molar-refractivity contribution in [3.8, 4) is 17.2 Å². The fraction of sp³-hybridized carbons (Fsp3) is 0.464. The molecule has 0 aromatic heterocycles. The van der Waals surface area contributed by atoms with Crippen LogP contribution in [0.5, 0.6) is 17.2 Å². The number of oxime groups is 1. The van der Waals surface area contributed by atoms with E-state index in [2.05, 4.69) is 5.16 Å². The predicted octanol–water partition coefficient (Wildman–Crippen LogP) is 1.46. The lowest BCUT2D eigenvalue weighted by molar-refractivity contribution is -0.245. The van der Waals surface area contributed by atoms with Gasteiger partial charge in [-0.2, -0.15) is 0 Å². The number of phenolic OH excluding ortho intramolecular Hbond substituents is 2. The van der Waals surface area contributed by atoms with Crippen molar-refractivity contribution in [1.82, 2.24) is 0 Å². The van der Waals surface area contributed by atoms with E-state index in [-0.39, 0.29) is 64.1 Å². The second-order valence-corrected chi connectivity index (χ2v) is 10.4. The molecule has 0 amide bonds. The third-order valence-corrected chi connectivity index (χ3v) is 8.04. The minimum Gasteiger partial charge on any atom is -0.507 e. The van der Waals surface area contributed by atoms with Crippen LogP contribution in [0.1, 0.15) is 75.8 Å². The van der Waals surface area contributed by atoms with Gasteiger partial charge in [-0.05, 0) is 19.9 Å². The highest BCUT2D eigenvalue weighted by Crippen LogP contribution is 2.52. The van der Waals surface area contributed by atoms with E-state index < -0.39 is 59.3 Å². The quantitative estimate of drug-likeness (QED) is 0.174. The third kappa shape index (κ3) is 4.23. The van der Waals surface area contributed by atoms with E-state index in [1.165, 1.54) is 33.3 Å². The molecule has 1 fully saturated rings. The standard InChI is InChI=1S/C28H32N2O10/c1-11-23(31)15(29)8-18(39-11)40-17-10-28(36,12(2)30-38-4)9-14-20(17)27(35)22-21(25(14)33)24(32)13-6-5-7-16(37-3)19(13)26(22)34/h5-7,11,15,17-18,23,31,33,35-36H,8-10,29H2,1-4H3/b30-12+. The third-order valence-electron chi connectivity index (χ3n) is 8.04. The smallest absolute Gasteiger partial charge is 0.202 e. The summed E-state index contributed by atoms with van der Waals surface area (Å²) in [5.41, 5.74) is 3.77. The van der Waals surface area contributed by atoms with Crippen LogP contribution in [0.3, 0.4) is 0 Å². The molecule has 1 aliphatic heterocycles. The first-order valence-corrected chi connectivity index (χ1v) is 12.9. The monoisotopic (exact) mass is 556 g/mol. The molecule has 1 heterocycles. The molecular weight excluding hydrogens is 524 g/mol. The van der Waals surface area contributed by atoms with Crippen LogP contribution in [0.2, 0.25) is 0 Å². The van der Waals surface area contributed by atoms with Crippen LogP contribution < -0.4 is 10.5 Å². The number of nitrogens with zero attached hydrogens (tertiary/aromatic N) is 1. The molecule has 12 heteroatoms. The van der Waals surface area contributed by atoms with Crippen LogP contribution in [-0.2, 0) is 20.7 Å². The summed E-state index contributed by atoms with van der Waals surface area (Å²) >= 11 is 0. The molecule has 214 valence electrons. The Hall–Kier alpha value is -3.55. The normalized spacial score (nSPS) is 29.9. The van der Waals surface area contributed by atoms with Crippen LogP contribution in [-0.4, -0.2) is 82.1 Å². The zero-order valence-corrected chi connectivity index (χ0v) is 22.5. The van der Waals surface area contributed by atoms with Crippen LogP contribution >= 0.6 is 0 Å². The Morgan fingerprint density at radius 2 is 1.82 bits per heavy atom. The minimum atomic E-state index is -1.73. The van der Waals surface area contributed by atoms with E-state index >= 15 is 0 Å². The van der Waals surface area contributed by atoms with Crippen molar-refractivity contribution in [2.45, 2.75) is 69.4 Å². The SMILES string of the molecule is CO/N=C(\C)C1(O)Cc2c(O)c3c(c(O)c2C(OC2CC(N)C(O)C(C)O2)C1)C(=O)c1c(OC)cccc1C3=O. The second kappa shape index (κ2) is 10.1. The molecule has 2 aromatic rings. The van der Waals surface area contributed by atoms with Crippen molar-refractivity contribution in [1.29, 1.82) is 0 Å². The maximum Gasteiger partial charge on any atom is 0.202 e. The molecule has 0 spiro atoms. The number of nitrogens with two attached hydrogens (primary N) is 1. The maximum atomic E-state index is 13.7. The molecule has 6 atom stereocenters. The van der Waals surface area contributed by atoms with E-state index in [9.17, 15) is 30.0 Å². The lowest BCUT2D eigenvalue weighted by Crippen LogP contribution is -2.52. The van der Waals surface area contributed by atoms with Crippen LogP contribution in [0.15, 0.2) is 23.4 Å². The van der Waals surface area contributed by atoms with Gasteiger partial charge in [-0.3, -0.25) is 9.59 Å². The first-order chi connectivity index (χ1) is 18.9. The molecule has 5 rings (SSSR count). The van der Waals surface area contributed by atoms with E-state index in [1.807, 2.05) is 0 Å². The molecular formula is C28H32N2O10. The number of aromatic hydroxyl groups is 2.